The molecule has 1 aromatic carbocycles. The molecule has 0 amide bonds. The van der Waals surface area contributed by atoms with Gasteiger partial charge in [0.05, 0.1) is 0 Å². The summed E-state index contributed by atoms with van der Waals surface area (Å²) in [5.41, 5.74) is 6.20. The molecule has 19 heavy (non-hydrogen) atoms. The summed E-state index contributed by atoms with van der Waals surface area (Å²) in [5.74, 6) is -4.61. The lowest BCUT2D eigenvalue weighted by Crippen LogP contribution is -2.46. The third-order valence-corrected chi connectivity index (χ3v) is 2.56. The van der Waals surface area contributed by atoms with E-state index in [4.69, 9.17) is 15.6 Å². The summed E-state index contributed by atoms with van der Waals surface area (Å²) in [6, 6.07) is 7.36. The highest BCUT2D eigenvalue weighted by molar-refractivity contribution is 6.02. The number of benzene rings is 1. The molecule has 1 unspecified atom stereocenters. The lowest BCUT2D eigenvalue weighted by atomic mass is 9.97. The smallest absolute Gasteiger partial charge is 0.324 e. The molecule has 0 heterocycles. The van der Waals surface area contributed by atoms with Crippen molar-refractivity contribution in [2.75, 3.05) is 0 Å². The van der Waals surface area contributed by atoms with Crippen molar-refractivity contribution in [3.05, 3.63) is 35.9 Å². The molecule has 0 aliphatic rings. The van der Waals surface area contributed by atoms with Gasteiger partial charge in [-0.1, -0.05) is 30.3 Å². The summed E-state index contributed by atoms with van der Waals surface area (Å²) in [4.78, 5) is 33.6. The van der Waals surface area contributed by atoms with Crippen molar-refractivity contribution in [3.63, 3.8) is 0 Å². The maximum Gasteiger partial charge on any atom is 0.324 e. The second-order valence-electron chi connectivity index (χ2n) is 4.05. The number of carboxylic acids is 1. The highest BCUT2D eigenvalue weighted by atomic mass is 16.5. The summed E-state index contributed by atoms with van der Waals surface area (Å²) in [6.45, 7) is 1.06. The molecule has 1 aromatic rings. The van der Waals surface area contributed by atoms with E-state index in [1.165, 1.54) is 0 Å². The van der Waals surface area contributed by atoms with E-state index in [1.807, 2.05) is 6.07 Å². The molecule has 0 radical (unpaired) electrons. The molecule has 6 heteroatoms. The number of carbonyl (C=O) groups is 3. The van der Waals surface area contributed by atoms with E-state index >= 15 is 0 Å². The first-order chi connectivity index (χ1) is 8.93. The summed E-state index contributed by atoms with van der Waals surface area (Å²) in [6.07, 6.45) is 0. The molecule has 0 aliphatic carbocycles. The van der Waals surface area contributed by atoms with Crippen LogP contribution in [0.5, 0.6) is 0 Å². The van der Waals surface area contributed by atoms with Crippen molar-refractivity contribution in [1.82, 2.24) is 0 Å². The molecule has 0 saturated carbocycles. The SMILES string of the molecule is CC(=O)C(C(=O)O)[C@H](N)C(=O)OCc1ccccc1. The Kier molecular flexibility index (Phi) is 5.20. The van der Waals surface area contributed by atoms with E-state index in [0.29, 0.717) is 0 Å². The van der Waals surface area contributed by atoms with Crippen molar-refractivity contribution in [2.45, 2.75) is 19.6 Å². The van der Waals surface area contributed by atoms with E-state index in [9.17, 15) is 14.4 Å². The van der Waals surface area contributed by atoms with Crippen molar-refractivity contribution < 1.29 is 24.2 Å². The Labute approximate surface area is 110 Å². The fraction of sp³-hybridized carbons (Fsp3) is 0.308. The maximum atomic E-state index is 11.6. The Morgan fingerprint density at radius 3 is 2.32 bits per heavy atom. The van der Waals surface area contributed by atoms with Gasteiger partial charge in [-0.15, -0.1) is 0 Å². The number of rotatable bonds is 6. The van der Waals surface area contributed by atoms with Crippen LogP contribution in [-0.2, 0) is 25.7 Å². The fourth-order valence-electron chi connectivity index (χ4n) is 1.54. The standard InChI is InChI=1S/C13H15NO5/c1-8(15)10(12(16)17)11(14)13(18)19-7-9-5-3-2-4-6-9/h2-6,10-11H,7,14H2,1H3,(H,16,17)/t10?,11-/m0/s1. The molecule has 1 rings (SSSR count). The van der Waals surface area contributed by atoms with Crippen molar-refractivity contribution in [1.29, 1.82) is 0 Å². The number of hydrogen-bond donors (Lipinski definition) is 2. The van der Waals surface area contributed by atoms with E-state index in [-0.39, 0.29) is 6.61 Å². The Morgan fingerprint density at radius 2 is 1.84 bits per heavy atom. The van der Waals surface area contributed by atoms with Crippen LogP contribution in [0.15, 0.2) is 30.3 Å². The highest BCUT2D eigenvalue weighted by Gasteiger charge is 2.35. The minimum atomic E-state index is -1.58. The molecule has 2 atom stereocenters. The summed E-state index contributed by atoms with van der Waals surface area (Å²) < 4.78 is 4.89. The number of carboxylic acid groups (broad SMARTS) is 1. The first-order valence-electron chi connectivity index (χ1n) is 5.63. The number of aliphatic carboxylic acids is 1. The van der Waals surface area contributed by atoms with Gasteiger partial charge in [-0.05, 0) is 12.5 Å². The zero-order valence-corrected chi connectivity index (χ0v) is 10.4. The Bertz CT molecular complexity index is 457. The molecular formula is C13H15NO5. The first kappa shape index (κ1) is 14.8. The van der Waals surface area contributed by atoms with Gasteiger partial charge in [-0.25, -0.2) is 0 Å². The van der Waals surface area contributed by atoms with Crippen LogP contribution in [0.1, 0.15) is 12.5 Å². The van der Waals surface area contributed by atoms with Gasteiger partial charge in [-0.2, -0.15) is 0 Å². The molecule has 102 valence electrons. The fourth-order valence-corrected chi connectivity index (χ4v) is 1.54. The highest BCUT2D eigenvalue weighted by Crippen LogP contribution is 2.08. The number of Topliss-reactive ketones (excluding diaryl/α,β-unsaturated/α-hetero) is 1. The minimum Gasteiger partial charge on any atom is -0.481 e. The summed E-state index contributed by atoms with van der Waals surface area (Å²) in [7, 11) is 0. The minimum absolute atomic E-state index is 0.0163. The second-order valence-corrected chi connectivity index (χ2v) is 4.05. The predicted octanol–water partition coefficient (Wildman–Crippen LogP) is 0.347. The van der Waals surface area contributed by atoms with Gasteiger partial charge in [0.2, 0.25) is 0 Å². The number of hydrogen-bond acceptors (Lipinski definition) is 5. The van der Waals surface area contributed by atoms with Crippen LogP contribution in [0.2, 0.25) is 0 Å². The molecule has 0 bridgehead atoms. The third kappa shape index (κ3) is 4.18. The van der Waals surface area contributed by atoms with E-state index in [1.54, 1.807) is 24.3 Å². The molecule has 3 N–H and O–H groups in total. The van der Waals surface area contributed by atoms with Crippen LogP contribution in [0.25, 0.3) is 0 Å². The predicted molar refractivity (Wildman–Crippen MR) is 66.0 cm³/mol. The molecule has 0 saturated heterocycles. The van der Waals surface area contributed by atoms with E-state index < -0.39 is 29.7 Å². The number of esters is 1. The molecule has 0 spiro atoms. The van der Waals surface area contributed by atoms with Crippen LogP contribution in [0.3, 0.4) is 0 Å². The Balaban J connectivity index is 2.62. The monoisotopic (exact) mass is 265 g/mol. The van der Waals surface area contributed by atoms with Gasteiger partial charge in [0.25, 0.3) is 0 Å². The lowest BCUT2D eigenvalue weighted by molar-refractivity contribution is -0.157. The topological polar surface area (TPSA) is 107 Å². The third-order valence-electron chi connectivity index (χ3n) is 2.56. The van der Waals surface area contributed by atoms with Crippen molar-refractivity contribution in [2.24, 2.45) is 11.7 Å². The Hall–Kier alpha value is -2.21. The number of carbonyl (C=O) groups excluding carboxylic acids is 2. The van der Waals surface area contributed by atoms with Gasteiger partial charge in [-0.3, -0.25) is 14.4 Å². The van der Waals surface area contributed by atoms with Crippen molar-refractivity contribution >= 4 is 17.7 Å². The lowest BCUT2D eigenvalue weighted by Gasteiger charge is -2.16. The van der Waals surface area contributed by atoms with Crippen molar-refractivity contribution in [3.8, 4) is 0 Å². The van der Waals surface area contributed by atoms with Gasteiger partial charge in [0.15, 0.2) is 0 Å². The largest absolute Gasteiger partial charge is 0.481 e. The van der Waals surface area contributed by atoms with Crippen LogP contribution < -0.4 is 5.73 Å². The molecular weight excluding hydrogens is 250 g/mol. The zero-order valence-electron chi connectivity index (χ0n) is 10.4. The average Bonchev–Trinajstić information content (AvgIpc) is 2.36. The number of nitrogens with two attached hydrogens (primary N) is 1. The second kappa shape index (κ2) is 6.65. The number of ether oxygens (including phenoxy) is 1. The Morgan fingerprint density at radius 1 is 1.26 bits per heavy atom. The van der Waals surface area contributed by atoms with Crippen LogP contribution in [0.4, 0.5) is 0 Å². The molecule has 0 aromatic heterocycles. The normalized spacial score (nSPS) is 13.4. The van der Waals surface area contributed by atoms with Gasteiger partial charge in [0.1, 0.15) is 24.3 Å². The molecule has 6 nitrogen and oxygen atoms in total. The van der Waals surface area contributed by atoms with Crippen LogP contribution in [0, 0.1) is 5.92 Å². The van der Waals surface area contributed by atoms with Crippen LogP contribution in [-0.4, -0.2) is 28.9 Å². The average molecular weight is 265 g/mol. The first-order valence-corrected chi connectivity index (χ1v) is 5.63. The summed E-state index contributed by atoms with van der Waals surface area (Å²) >= 11 is 0. The number of ketones is 1. The van der Waals surface area contributed by atoms with E-state index in [2.05, 4.69) is 0 Å². The van der Waals surface area contributed by atoms with E-state index in [0.717, 1.165) is 12.5 Å². The summed E-state index contributed by atoms with van der Waals surface area (Å²) in [5, 5.41) is 8.84. The quantitative estimate of drug-likeness (QED) is 0.567. The maximum absolute atomic E-state index is 11.6. The van der Waals surface area contributed by atoms with Crippen LogP contribution >= 0.6 is 0 Å². The molecule has 0 fully saturated rings. The van der Waals surface area contributed by atoms with Gasteiger partial charge < -0.3 is 15.6 Å². The van der Waals surface area contributed by atoms with Gasteiger partial charge in [0, 0.05) is 0 Å². The zero-order chi connectivity index (χ0) is 14.4. The molecule has 0 aliphatic heterocycles. The van der Waals surface area contributed by atoms with Gasteiger partial charge >= 0.3 is 11.9 Å².